The molecule has 0 aromatic carbocycles. The van der Waals surface area contributed by atoms with Gasteiger partial charge in [-0.25, -0.2) is 0 Å². The van der Waals surface area contributed by atoms with Crippen molar-refractivity contribution >= 4 is 0 Å². The van der Waals surface area contributed by atoms with Crippen molar-refractivity contribution in [2.45, 2.75) is 34.6 Å². The Kier molecular flexibility index (Phi) is 13.0. The molecular weight excluding hydrogens is 346 g/mol. The fraction of sp³-hybridized carbons (Fsp3) is 0.240. The minimum absolute atomic E-state index is 0.532. The van der Waals surface area contributed by atoms with Gasteiger partial charge < -0.3 is 15.2 Å². The SMILES string of the molecule is C=C/C(=C\C=C(/C)O/C(C#CC)=C/C=C(\C)N)C1=CC=C=C(OC)C=C1.CC. The standard InChI is InChI=1S/C23H25NO2.C2H6/c1-6-9-23(16-12-18(3)24)26-19(4)13-14-20(7-2)21-10-8-11-22(25-5)17-15-21;1-2/h7-8,10,12-17H,2,24H2,1,3-5H3;1-2H3/b18-12+,19-13+,20-14+,23-16+;. The molecule has 2 N–H and O–H groups in total. The summed E-state index contributed by atoms with van der Waals surface area (Å²) in [5.41, 5.74) is 11.3. The number of ether oxygens (including phenoxy) is 2. The Balaban J connectivity index is 0.00000352. The maximum atomic E-state index is 5.77. The van der Waals surface area contributed by atoms with Crippen LogP contribution in [0.4, 0.5) is 0 Å². The lowest BCUT2D eigenvalue weighted by atomic mass is 10.0. The number of methoxy groups -OCH3 is 1. The molecule has 28 heavy (non-hydrogen) atoms. The van der Waals surface area contributed by atoms with E-state index in [4.69, 9.17) is 15.2 Å². The van der Waals surface area contributed by atoms with Crippen LogP contribution < -0.4 is 5.73 Å². The van der Waals surface area contributed by atoms with Crippen LogP contribution in [0.3, 0.4) is 0 Å². The van der Waals surface area contributed by atoms with Gasteiger partial charge in [0.05, 0.1) is 7.11 Å². The molecule has 0 unspecified atom stereocenters. The first-order valence-corrected chi connectivity index (χ1v) is 9.15. The summed E-state index contributed by atoms with van der Waals surface area (Å²) in [6.45, 7) is 13.3. The van der Waals surface area contributed by atoms with E-state index in [0.717, 1.165) is 11.1 Å². The Morgan fingerprint density at radius 3 is 2.43 bits per heavy atom. The van der Waals surface area contributed by atoms with Crippen molar-refractivity contribution in [1.82, 2.24) is 0 Å². The van der Waals surface area contributed by atoms with Crippen molar-refractivity contribution in [3.8, 4) is 11.8 Å². The molecule has 0 bridgehead atoms. The molecule has 1 aliphatic rings. The van der Waals surface area contributed by atoms with Crippen molar-refractivity contribution in [2.24, 2.45) is 5.73 Å². The van der Waals surface area contributed by atoms with E-state index in [9.17, 15) is 0 Å². The van der Waals surface area contributed by atoms with Crippen LogP contribution in [0.25, 0.3) is 0 Å². The highest BCUT2D eigenvalue weighted by atomic mass is 16.5. The highest BCUT2D eigenvalue weighted by Crippen LogP contribution is 2.17. The van der Waals surface area contributed by atoms with E-state index in [1.807, 2.05) is 64.2 Å². The van der Waals surface area contributed by atoms with Gasteiger partial charge in [0, 0.05) is 5.70 Å². The molecule has 148 valence electrons. The van der Waals surface area contributed by atoms with Crippen molar-refractivity contribution in [3.63, 3.8) is 0 Å². The maximum Gasteiger partial charge on any atom is 0.176 e. The highest BCUT2D eigenvalue weighted by Gasteiger charge is 2.00. The van der Waals surface area contributed by atoms with Crippen molar-refractivity contribution in [1.29, 1.82) is 0 Å². The van der Waals surface area contributed by atoms with Gasteiger partial charge in [-0.3, -0.25) is 0 Å². The molecule has 0 fully saturated rings. The van der Waals surface area contributed by atoms with Gasteiger partial charge in [-0.1, -0.05) is 50.3 Å². The summed E-state index contributed by atoms with van der Waals surface area (Å²) in [7, 11) is 1.62. The summed E-state index contributed by atoms with van der Waals surface area (Å²) in [6, 6.07) is 0. The Morgan fingerprint density at radius 1 is 1.14 bits per heavy atom. The van der Waals surface area contributed by atoms with Crippen LogP contribution in [0.5, 0.6) is 0 Å². The van der Waals surface area contributed by atoms with E-state index in [1.165, 1.54) is 0 Å². The molecule has 0 aromatic heterocycles. The van der Waals surface area contributed by atoms with Gasteiger partial charge in [0.25, 0.3) is 0 Å². The summed E-state index contributed by atoms with van der Waals surface area (Å²) in [6.07, 6.45) is 16.7. The van der Waals surface area contributed by atoms with Crippen molar-refractivity contribution in [2.75, 3.05) is 7.11 Å². The van der Waals surface area contributed by atoms with Crippen molar-refractivity contribution < 1.29 is 9.47 Å². The Morgan fingerprint density at radius 2 is 1.86 bits per heavy atom. The minimum atomic E-state index is 0.532. The van der Waals surface area contributed by atoms with Crippen molar-refractivity contribution in [3.05, 3.63) is 101 Å². The fourth-order valence-electron chi connectivity index (χ4n) is 1.93. The van der Waals surface area contributed by atoms with E-state index < -0.39 is 0 Å². The van der Waals surface area contributed by atoms with Crippen LogP contribution in [0.2, 0.25) is 0 Å². The van der Waals surface area contributed by atoms with Crippen LogP contribution in [-0.4, -0.2) is 7.11 Å². The quantitative estimate of drug-likeness (QED) is 0.256. The normalized spacial score (nSPS) is 14.5. The highest BCUT2D eigenvalue weighted by molar-refractivity contribution is 5.51. The molecule has 0 atom stereocenters. The third-order valence-electron chi connectivity index (χ3n) is 3.19. The topological polar surface area (TPSA) is 44.5 Å². The summed E-state index contributed by atoms with van der Waals surface area (Å²) in [5, 5.41) is 0. The zero-order valence-corrected chi connectivity index (χ0v) is 17.8. The molecule has 0 spiro atoms. The zero-order valence-electron chi connectivity index (χ0n) is 17.8. The van der Waals surface area contributed by atoms with Gasteiger partial charge >= 0.3 is 0 Å². The first-order chi connectivity index (χ1) is 13.5. The monoisotopic (exact) mass is 377 g/mol. The van der Waals surface area contributed by atoms with E-state index in [1.54, 1.807) is 32.3 Å². The number of allylic oxidation sites excluding steroid dienone is 13. The maximum absolute atomic E-state index is 5.77. The smallest absolute Gasteiger partial charge is 0.176 e. The Hall–Kier alpha value is -3.34. The van der Waals surface area contributed by atoms with Crippen LogP contribution in [0.1, 0.15) is 34.6 Å². The fourth-order valence-corrected chi connectivity index (χ4v) is 1.93. The predicted molar refractivity (Wildman–Crippen MR) is 120 cm³/mol. The van der Waals surface area contributed by atoms with Crippen LogP contribution in [0, 0.1) is 11.8 Å². The zero-order chi connectivity index (χ0) is 21.4. The van der Waals surface area contributed by atoms with Crippen LogP contribution >= 0.6 is 0 Å². The summed E-state index contributed by atoms with van der Waals surface area (Å²) < 4.78 is 11.0. The molecule has 0 heterocycles. The van der Waals surface area contributed by atoms with E-state index >= 15 is 0 Å². The van der Waals surface area contributed by atoms with E-state index in [2.05, 4.69) is 24.2 Å². The lowest BCUT2D eigenvalue weighted by molar-refractivity contribution is 0.308. The second-order valence-electron chi connectivity index (χ2n) is 5.36. The third-order valence-corrected chi connectivity index (χ3v) is 3.19. The number of rotatable bonds is 7. The van der Waals surface area contributed by atoms with Gasteiger partial charge in [0.15, 0.2) is 11.5 Å². The second kappa shape index (κ2) is 14.8. The number of nitrogens with two attached hydrogens (primary N) is 1. The first kappa shape index (κ1) is 24.7. The Labute approximate surface area is 170 Å². The minimum Gasteiger partial charge on any atom is -0.489 e. The lowest BCUT2D eigenvalue weighted by Gasteiger charge is -2.05. The van der Waals surface area contributed by atoms with E-state index in [-0.39, 0.29) is 0 Å². The predicted octanol–water partition coefficient (Wildman–Crippen LogP) is 6.00. The summed E-state index contributed by atoms with van der Waals surface area (Å²) in [4.78, 5) is 0. The number of hydrogen-bond acceptors (Lipinski definition) is 3. The van der Waals surface area contributed by atoms with Gasteiger partial charge in [-0.15, -0.1) is 0 Å². The lowest BCUT2D eigenvalue weighted by Crippen LogP contribution is -1.91. The molecule has 1 rings (SSSR count). The van der Waals surface area contributed by atoms with Crippen LogP contribution in [0.15, 0.2) is 101 Å². The van der Waals surface area contributed by atoms with E-state index in [0.29, 0.717) is 23.0 Å². The van der Waals surface area contributed by atoms with Gasteiger partial charge in [0.2, 0.25) is 0 Å². The Bertz CT molecular complexity index is 837. The largest absolute Gasteiger partial charge is 0.489 e. The first-order valence-electron chi connectivity index (χ1n) is 9.15. The van der Waals surface area contributed by atoms with Gasteiger partial charge in [-0.2, -0.15) is 0 Å². The molecule has 0 aliphatic heterocycles. The molecule has 3 heteroatoms. The molecule has 0 aromatic rings. The average Bonchev–Trinajstić information content (AvgIpc) is 2.94. The van der Waals surface area contributed by atoms with Crippen LogP contribution in [-0.2, 0) is 9.47 Å². The average molecular weight is 378 g/mol. The number of hydrogen-bond donors (Lipinski definition) is 1. The molecule has 0 saturated carbocycles. The summed E-state index contributed by atoms with van der Waals surface area (Å²) >= 11 is 0. The molecule has 0 saturated heterocycles. The molecule has 0 radical (unpaired) electrons. The molecule has 1 aliphatic carbocycles. The molecular formula is C25H31NO2. The second-order valence-corrected chi connectivity index (χ2v) is 5.36. The molecule has 0 amide bonds. The van der Waals surface area contributed by atoms with Gasteiger partial charge in [-0.05, 0) is 74.3 Å². The van der Waals surface area contributed by atoms with Gasteiger partial charge in [0.1, 0.15) is 5.76 Å². The molecule has 3 nitrogen and oxygen atoms in total. The third kappa shape index (κ3) is 9.97. The summed E-state index contributed by atoms with van der Waals surface area (Å²) in [5.74, 6) is 7.64.